The fourth-order valence-electron chi connectivity index (χ4n) is 8.67. The van der Waals surface area contributed by atoms with Gasteiger partial charge in [0.2, 0.25) is 0 Å². The molecule has 244 valence electrons. The van der Waals surface area contributed by atoms with Gasteiger partial charge in [-0.3, -0.25) is 9.69 Å². The topological polar surface area (TPSA) is 106 Å². The molecule has 47 heavy (non-hydrogen) atoms. The number of carbonyl (C=O) groups is 1. The van der Waals surface area contributed by atoms with E-state index in [9.17, 15) is 23.9 Å². The molecule has 3 saturated heterocycles. The number of amides is 1. The minimum atomic E-state index is -1.11. The number of rotatable bonds is 7. The second-order valence-electron chi connectivity index (χ2n) is 13.7. The number of nitrogens with zero attached hydrogens (tertiary/aromatic N) is 6. The number of fused-ring (bicyclic) bond motifs is 5. The molecule has 1 saturated carbocycles. The van der Waals surface area contributed by atoms with Crippen LogP contribution in [0.25, 0.3) is 22.0 Å². The number of piperazine rings is 1. The van der Waals surface area contributed by atoms with Crippen molar-refractivity contribution < 1.29 is 27.8 Å². The van der Waals surface area contributed by atoms with E-state index in [1.807, 2.05) is 12.1 Å². The zero-order valence-corrected chi connectivity index (χ0v) is 25.9. The molecule has 4 fully saturated rings. The Bertz CT molecular complexity index is 1860. The Morgan fingerprint density at radius 2 is 2.09 bits per heavy atom. The van der Waals surface area contributed by atoms with Crippen LogP contribution >= 0.6 is 0 Å². The highest BCUT2D eigenvalue weighted by Gasteiger charge is 2.50. The first-order valence-corrected chi connectivity index (χ1v) is 16.3. The summed E-state index contributed by atoms with van der Waals surface area (Å²) in [5, 5.41) is 21.1. The van der Waals surface area contributed by atoms with E-state index in [4.69, 9.17) is 9.72 Å². The number of phenols is 1. The van der Waals surface area contributed by atoms with Crippen molar-refractivity contribution in [3.8, 4) is 29.0 Å². The number of aromatic nitrogens is 2. The molecule has 12 heteroatoms. The summed E-state index contributed by atoms with van der Waals surface area (Å²) in [6.07, 6.45) is 2.97. The Morgan fingerprint density at radius 1 is 1.23 bits per heavy atom. The summed E-state index contributed by atoms with van der Waals surface area (Å²) in [4.78, 5) is 27.0. The van der Waals surface area contributed by atoms with Gasteiger partial charge in [-0.2, -0.15) is 15.2 Å². The normalized spacial score (nSPS) is 27.8. The smallest absolute Gasteiger partial charge is 0.319 e. The molecule has 3 aromatic rings. The molecule has 2 aliphatic carbocycles. The molecule has 8 rings (SSSR count). The number of alkyl halides is 1. The zero-order chi connectivity index (χ0) is 32.6. The molecule has 0 bridgehead atoms. The van der Waals surface area contributed by atoms with E-state index < -0.39 is 35.3 Å². The predicted octanol–water partition coefficient (Wildman–Crippen LogP) is 5.17. The van der Waals surface area contributed by atoms with Crippen LogP contribution in [-0.2, 0) is 11.2 Å². The largest absolute Gasteiger partial charge is 0.507 e. The average Bonchev–Trinajstić information content (AvgIpc) is 3.39. The molecule has 2 unspecified atom stereocenters. The second-order valence-corrected chi connectivity index (χ2v) is 13.7. The van der Waals surface area contributed by atoms with E-state index >= 15 is 4.39 Å². The molecule has 0 radical (unpaired) electrons. The van der Waals surface area contributed by atoms with Crippen LogP contribution in [0, 0.1) is 23.1 Å². The molecule has 1 amide bonds. The van der Waals surface area contributed by atoms with Gasteiger partial charge in [0.15, 0.2) is 11.6 Å². The Morgan fingerprint density at radius 3 is 2.89 bits per heavy atom. The zero-order valence-electron chi connectivity index (χ0n) is 25.9. The molecule has 1 aromatic heterocycles. The standard InChI is InChI=1S/C35H35F3N6O3/c1-19(36)33(46)44-11-10-42(17-22(44)6-8-39)32-27-14-28(45)29(24-5-2-4-23-25-12-20(25)13-26(23)24)30(38)31(27)40-34(41-32)47-18-35-7-3-9-43(35)16-21(37)15-35/h2,4-5,14,20-22,25,45H,1,3,6-7,9-13,15-18H2/t20?,21-,22+,25?,35+/m1/s1. The van der Waals surface area contributed by atoms with Gasteiger partial charge in [0, 0.05) is 38.0 Å². The van der Waals surface area contributed by atoms with Gasteiger partial charge < -0.3 is 19.6 Å². The summed E-state index contributed by atoms with van der Waals surface area (Å²) in [5.74, 6) is -1.65. The first-order valence-electron chi connectivity index (χ1n) is 16.3. The van der Waals surface area contributed by atoms with Gasteiger partial charge in [-0.1, -0.05) is 24.8 Å². The Hall–Kier alpha value is -4.37. The van der Waals surface area contributed by atoms with Crippen LogP contribution in [0.4, 0.5) is 19.0 Å². The number of carbonyl (C=O) groups excluding carboxylic acids is 1. The summed E-state index contributed by atoms with van der Waals surface area (Å²) in [7, 11) is 0. The fourth-order valence-corrected chi connectivity index (χ4v) is 8.67. The lowest BCUT2D eigenvalue weighted by Crippen LogP contribution is -2.55. The SMILES string of the molecule is C=C(F)C(=O)N1CCN(c2nc(OC[C@@]34CCCN3C[C@H](F)C4)nc3c(F)c(-c4cccc5c4CC4CC54)c(O)cc23)C[C@@H]1CC#N. The number of hydrogen-bond acceptors (Lipinski definition) is 8. The number of anilines is 1. The number of benzene rings is 2. The van der Waals surface area contributed by atoms with E-state index in [1.54, 1.807) is 4.90 Å². The van der Waals surface area contributed by atoms with Crippen molar-refractivity contribution >= 4 is 22.6 Å². The van der Waals surface area contributed by atoms with E-state index in [1.165, 1.54) is 16.5 Å². The van der Waals surface area contributed by atoms with Crippen LogP contribution in [0.15, 0.2) is 36.7 Å². The summed E-state index contributed by atoms with van der Waals surface area (Å²) in [5.41, 5.74) is 2.44. The number of aromatic hydroxyl groups is 1. The molecular formula is C35H35F3N6O3. The van der Waals surface area contributed by atoms with Crippen molar-refractivity contribution in [2.45, 2.75) is 62.2 Å². The van der Waals surface area contributed by atoms with Gasteiger partial charge in [0.1, 0.15) is 29.9 Å². The molecule has 5 aliphatic rings. The summed E-state index contributed by atoms with van der Waals surface area (Å²) in [6.45, 7) is 4.74. The van der Waals surface area contributed by atoms with E-state index in [2.05, 4.69) is 28.6 Å². The summed E-state index contributed by atoms with van der Waals surface area (Å²) in [6, 6.07) is 8.55. The molecule has 4 heterocycles. The third kappa shape index (κ3) is 4.89. The number of phenolic OH excluding ortho intramolecular Hbond substituents is 1. The lowest BCUT2D eigenvalue weighted by Gasteiger charge is -2.41. The monoisotopic (exact) mass is 644 g/mol. The lowest BCUT2D eigenvalue weighted by molar-refractivity contribution is -0.131. The van der Waals surface area contributed by atoms with Gasteiger partial charge in [0.05, 0.1) is 29.6 Å². The minimum Gasteiger partial charge on any atom is -0.507 e. The molecule has 0 spiro atoms. The number of hydrogen-bond donors (Lipinski definition) is 1. The predicted molar refractivity (Wildman–Crippen MR) is 168 cm³/mol. The van der Waals surface area contributed by atoms with Gasteiger partial charge in [-0.05, 0) is 66.8 Å². The van der Waals surface area contributed by atoms with Crippen molar-refractivity contribution in [1.82, 2.24) is 19.8 Å². The van der Waals surface area contributed by atoms with Gasteiger partial charge >= 0.3 is 6.01 Å². The molecule has 1 N–H and O–H groups in total. The van der Waals surface area contributed by atoms with Crippen LogP contribution in [0.5, 0.6) is 11.8 Å². The first kappa shape index (κ1) is 30.0. The Kier molecular flexibility index (Phi) is 7.09. The van der Waals surface area contributed by atoms with E-state index in [0.717, 1.165) is 37.8 Å². The van der Waals surface area contributed by atoms with Crippen molar-refractivity contribution in [2.24, 2.45) is 5.92 Å². The average molecular weight is 645 g/mol. The van der Waals surface area contributed by atoms with Gasteiger partial charge in [-0.15, -0.1) is 0 Å². The van der Waals surface area contributed by atoms with Crippen molar-refractivity contribution in [1.29, 1.82) is 5.26 Å². The fraction of sp³-hybridized carbons (Fsp3) is 0.486. The van der Waals surface area contributed by atoms with Gasteiger partial charge in [0.25, 0.3) is 5.91 Å². The van der Waals surface area contributed by atoms with E-state index in [-0.39, 0.29) is 66.7 Å². The third-order valence-electron chi connectivity index (χ3n) is 11.0. The van der Waals surface area contributed by atoms with Gasteiger partial charge in [-0.25, -0.2) is 13.2 Å². The van der Waals surface area contributed by atoms with Crippen molar-refractivity contribution in [3.05, 3.63) is 53.6 Å². The van der Waals surface area contributed by atoms with Crippen LogP contribution in [-0.4, -0.2) is 87.9 Å². The minimum absolute atomic E-state index is 0.0402. The number of nitriles is 1. The maximum absolute atomic E-state index is 16.9. The maximum Gasteiger partial charge on any atom is 0.319 e. The molecular weight excluding hydrogens is 609 g/mol. The summed E-state index contributed by atoms with van der Waals surface area (Å²) >= 11 is 0. The molecule has 3 aliphatic heterocycles. The third-order valence-corrected chi connectivity index (χ3v) is 11.0. The second kappa shape index (κ2) is 11.1. The Balaban J connectivity index is 1.22. The van der Waals surface area contributed by atoms with Crippen molar-refractivity contribution in [2.75, 3.05) is 44.2 Å². The highest BCUT2D eigenvalue weighted by molar-refractivity contribution is 5.97. The highest BCUT2D eigenvalue weighted by Crippen LogP contribution is 2.58. The highest BCUT2D eigenvalue weighted by atomic mass is 19.1. The number of ether oxygens (including phenoxy) is 1. The van der Waals surface area contributed by atoms with Crippen LogP contribution in [0.2, 0.25) is 0 Å². The molecule has 5 atom stereocenters. The maximum atomic E-state index is 16.9. The quantitative estimate of drug-likeness (QED) is 0.352. The van der Waals surface area contributed by atoms with Crippen molar-refractivity contribution in [3.63, 3.8) is 0 Å². The van der Waals surface area contributed by atoms with E-state index in [0.29, 0.717) is 30.4 Å². The summed E-state index contributed by atoms with van der Waals surface area (Å²) < 4.78 is 51.4. The Labute approximate surface area is 270 Å². The molecule has 2 aromatic carbocycles. The van der Waals surface area contributed by atoms with Crippen LogP contribution < -0.4 is 9.64 Å². The van der Waals surface area contributed by atoms with Crippen LogP contribution in [0.3, 0.4) is 0 Å². The molecule has 9 nitrogen and oxygen atoms in total. The first-order chi connectivity index (χ1) is 22.7. The number of halogens is 3. The lowest BCUT2D eigenvalue weighted by atomic mass is 9.92. The van der Waals surface area contributed by atoms with Crippen LogP contribution in [0.1, 0.15) is 49.1 Å².